The maximum Gasteiger partial charge on any atom is 0.224 e. The van der Waals surface area contributed by atoms with E-state index in [1.807, 2.05) is 35.2 Å². The molecular formula is C18H18BrNO3. The van der Waals surface area contributed by atoms with Crippen LogP contribution >= 0.6 is 15.9 Å². The van der Waals surface area contributed by atoms with Gasteiger partial charge in [0, 0.05) is 22.6 Å². The van der Waals surface area contributed by atoms with Crippen molar-refractivity contribution < 1.29 is 14.3 Å². The van der Waals surface area contributed by atoms with E-state index in [2.05, 4.69) is 22.0 Å². The highest BCUT2D eigenvalue weighted by atomic mass is 79.9. The Bertz CT molecular complexity index is 760. The van der Waals surface area contributed by atoms with Crippen LogP contribution in [0, 0.1) is 0 Å². The summed E-state index contributed by atoms with van der Waals surface area (Å²) in [6.45, 7) is 1.59. The molecule has 3 rings (SSSR count). The predicted octanol–water partition coefficient (Wildman–Crippen LogP) is 4.12. The van der Waals surface area contributed by atoms with Crippen molar-refractivity contribution in [3.63, 3.8) is 0 Å². The second-order valence-electron chi connectivity index (χ2n) is 5.49. The molecule has 4 nitrogen and oxygen atoms in total. The average molecular weight is 376 g/mol. The zero-order valence-corrected chi connectivity index (χ0v) is 14.9. The van der Waals surface area contributed by atoms with Gasteiger partial charge in [-0.25, -0.2) is 0 Å². The van der Waals surface area contributed by atoms with Gasteiger partial charge in [-0.05, 0) is 48.4 Å². The summed E-state index contributed by atoms with van der Waals surface area (Å²) in [7, 11) is 3.27. The third-order valence-electron chi connectivity index (χ3n) is 4.16. The summed E-state index contributed by atoms with van der Waals surface area (Å²) in [4.78, 5) is 14.1. The Hall–Kier alpha value is -2.01. The van der Waals surface area contributed by atoms with E-state index in [1.165, 1.54) is 0 Å². The SMILES string of the molecule is COc1ccc(OC)c(C2Cc3cc(Br)ccc3N2C(C)=O)c1. The zero-order chi connectivity index (χ0) is 16.6. The van der Waals surface area contributed by atoms with E-state index in [1.54, 1.807) is 21.1 Å². The third-order valence-corrected chi connectivity index (χ3v) is 4.65. The van der Waals surface area contributed by atoms with E-state index >= 15 is 0 Å². The minimum Gasteiger partial charge on any atom is -0.497 e. The number of halogens is 1. The molecule has 5 heteroatoms. The number of rotatable bonds is 3. The fourth-order valence-electron chi connectivity index (χ4n) is 3.16. The molecule has 1 unspecified atom stereocenters. The van der Waals surface area contributed by atoms with E-state index in [4.69, 9.17) is 9.47 Å². The number of hydrogen-bond acceptors (Lipinski definition) is 3. The molecule has 0 aliphatic carbocycles. The zero-order valence-electron chi connectivity index (χ0n) is 13.3. The molecule has 120 valence electrons. The van der Waals surface area contributed by atoms with Crippen molar-refractivity contribution in [2.45, 2.75) is 19.4 Å². The highest BCUT2D eigenvalue weighted by molar-refractivity contribution is 9.10. The van der Waals surface area contributed by atoms with Crippen molar-refractivity contribution in [1.82, 2.24) is 0 Å². The predicted molar refractivity (Wildman–Crippen MR) is 93.3 cm³/mol. The molecule has 1 heterocycles. The minimum atomic E-state index is -0.0955. The molecule has 1 atom stereocenters. The number of fused-ring (bicyclic) bond motifs is 1. The van der Waals surface area contributed by atoms with Gasteiger partial charge in [-0.1, -0.05) is 15.9 Å². The molecule has 0 N–H and O–H groups in total. The molecule has 23 heavy (non-hydrogen) atoms. The molecular weight excluding hydrogens is 358 g/mol. The van der Waals surface area contributed by atoms with E-state index in [0.717, 1.165) is 39.2 Å². The maximum absolute atomic E-state index is 12.3. The van der Waals surface area contributed by atoms with E-state index in [9.17, 15) is 4.79 Å². The molecule has 1 amide bonds. The summed E-state index contributed by atoms with van der Waals surface area (Å²) >= 11 is 3.50. The summed E-state index contributed by atoms with van der Waals surface area (Å²) in [5, 5.41) is 0. The Balaban J connectivity index is 2.11. The Labute approximate surface area is 144 Å². The van der Waals surface area contributed by atoms with Gasteiger partial charge in [-0.15, -0.1) is 0 Å². The van der Waals surface area contributed by atoms with Gasteiger partial charge >= 0.3 is 0 Å². The van der Waals surface area contributed by atoms with Crippen molar-refractivity contribution >= 4 is 27.5 Å². The number of benzene rings is 2. The highest BCUT2D eigenvalue weighted by Gasteiger charge is 2.35. The number of nitrogens with zero attached hydrogens (tertiary/aromatic N) is 1. The first kappa shape index (κ1) is 15.9. The van der Waals surface area contributed by atoms with Gasteiger partial charge in [0.15, 0.2) is 0 Å². The van der Waals surface area contributed by atoms with Crippen LogP contribution in [0.25, 0.3) is 0 Å². The topological polar surface area (TPSA) is 38.8 Å². The van der Waals surface area contributed by atoms with E-state index in [-0.39, 0.29) is 11.9 Å². The molecule has 2 aromatic carbocycles. The summed E-state index contributed by atoms with van der Waals surface area (Å²) in [6.07, 6.45) is 0.748. The van der Waals surface area contributed by atoms with Crippen molar-refractivity contribution in [1.29, 1.82) is 0 Å². The molecule has 2 aromatic rings. The van der Waals surface area contributed by atoms with Crippen molar-refractivity contribution in [2.24, 2.45) is 0 Å². The van der Waals surface area contributed by atoms with Crippen molar-refractivity contribution in [3.8, 4) is 11.5 Å². The van der Waals surface area contributed by atoms with Crippen molar-refractivity contribution in [2.75, 3.05) is 19.1 Å². The van der Waals surface area contributed by atoms with Crippen LogP contribution in [0.3, 0.4) is 0 Å². The second kappa shape index (κ2) is 6.24. The van der Waals surface area contributed by atoms with Gasteiger partial charge < -0.3 is 14.4 Å². The van der Waals surface area contributed by atoms with Crippen LogP contribution in [0.5, 0.6) is 11.5 Å². The fourth-order valence-corrected chi connectivity index (χ4v) is 3.57. The van der Waals surface area contributed by atoms with E-state index in [0.29, 0.717) is 0 Å². The van der Waals surface area contributed by atoms with Gasteiger partial charge in [-0.2, -0.15) is 0 Å². The number of anilines is 1. The number of methoxy groups -OCH3 is 2. The lowest BCUT2D eigenvalue weighted by Gasteiger charge is -2.26. The molecule has 0 aromatic heterocycles. The second-order valence-corrected chi connectivity index (χ2v) is 6.41. The van der Waals surface area contributed by atoms with Crippen LogP contribution in [-0.4, -0.2) is 20.1 Å². The smallest absolute Gasteiger partial charge is 0.224 e. The lowest BCUT2D eigenvalue weighted by atomic mass is 10.0. The molecule has 0 fully saturated rings. The summed E-state index contributed by atoms with van der Waals surface area (Å²) in [5.74, 6) is 1.52. The molecule has 0 bridgehead atoms. The lowest BCUT2D eigenvalue weighted by Crippen LogP contribution is -2.30. The molecule has 0 spiro atoms. The molecule has 0 radical (unpaired) electrons. The molecule has 0 saturated heterocycles. The third kappa shape index (κ3) is 2.81. The Kier molecular flexibility index (Phi) is 4.31. The van der Waals surface area contributed by atoms with Crippen LogP contribution in [0.4, 0.5) is 5.69 Å². The average Bonchev–Trinajstić information content (AvgIpc) is 2.92. The van der Waals surface area contributed by atoms with Gasteiger partial charge in [0.05, 0.1) is 20.3 Å². The molecule has 1 aliphatic rings. The van der Waals surface area contributed by atoms with Gasteiger partial charge in [0.1, 0.15) is 11.5 Å². The standard InChI is InChI=1S/C18H18BrNO3/c1-11(21)20-16-6-4-13(19)8-12(16)9-17(20)15-10-14(22-2)5-7-18(15)23-3/h4-8,10,17H,9H2,1-3H3. The Morgan fingerprint density at radius 1 is 1.17 bits per heavy atom. The summed E-state index contributed by atoms with van der Waals surface area (Å²) in [5.41, 5.74) is 3.05. The van der Waals surface area contributed by atoms with Crippen LogP contribution in [0.2, 0.25) is 0 Å². The number of carbonyl (C=O) groups excluding carboxylic acids is 1. The number of ether oxygens (including phenoxy) is 2. The van der Waals surface area contributed by atoms with Crippen LogP contribution in [-0.2, 0) is 11.2 Å². The quantitative estimate of drug-likeness (QED) is 0.809. The Morgan fingerprint density at radius 3 is 2.61 bits per heavy atom. The van der Waals surface area contributed by atoms with Gasteiger partial charge in [0.2, 0.25) is 5.91 Å². The fraction of sp³-hybridized carbons (Fsp3) is 0.278. The lowest BCUT2D eigenvalue weighted by molar-refractivity contribution is -0.116. The molecule has 0 saturated carbocycles. The normalized spacial score (nSPS) is 16.2. The minimum absolute atomic E-state index is 0.0148. The first-order valence-corrected chi connectivity index (χ1v) is 8.14. The van der Waals surface area contributed by atoms with E-state index < -0.39 is 0 Å². The van der Waals surface area contributed by atoms with Gasteiger partial charge in [0.25, 0.3) is 0 Å². The highest BCUT2D eigenvalue weighted by Crippen LogP contribution is 2.44. The largest absolute Gasteiger partial charge is 0.497 e. The number of hydrogen-bond donors (Lipinski definition) is 0. The Morgan fingerprint density at radius 2 is 1.96 bits per heavy atom. The number of carbonyl (C=O) groups is 1. The first-order valence-electron chi connectivity index (χ1n) is 7.35. The summed E-state index contributed by atoms with van der Waals surface area (Å²) in [6, 6.07) is 11.6. The van der Waals surface area contributed by atoms with Crippen molar-refractivity contribution in [3.05, 3.63) is 52.0 Å². The summed E-state index contributed by atoms with van der Waals surface area (Å²) < 4.78 is 11.9. The van der Waals surface area contributed by atoms with Crippen LogP contribution in [0.1, 0.15) is 24.1 Å². The monoisotopic (exact) mass is 375 g/mol. The first-order chi connectivity index (χ1) is 11.0. The maximum atomic E-state index is 12.3. The number of amides is 1. The van der Waals surface area contributed by atoms with Gasteiger partial charge in [-0.3, -0.25) is 4.79 Å². The van der Waals surface area contributed by atoms with Crippen LogP contribution in [0.15, 0.2) is 40.9 Å². The van der Waals surface area contributed by atoms with Crippen LogP contribution < -0.4 is 14.4 Å². The molecule has 1 aliphatic heterocycles.